The molecule has 10 nitrogen and oxygen atoms in total. The maximum Gasteiger partial charge on any atom is 0.346 e. The molecule has 1 aliphatic carbocycles. The van der Waals surface area contributed by atoms with Crippen molar-refractivity contribution in [2.45, 2.75) is 25.9 Å². The van der Waals surface area contributed by atoms with Crippen LogP contribution >= 0.6 is 7.67 Å². The zero-order valence-electron chi connectivity index (χ0n) is 19.5. The zero-order valence-corrected chi connectivity index (χ0v) is 20.4. The van der Waals surface area contributed by atoms with Crippen LogP contribution in [-0.2, 0) is 15.5 Å². The number of fused-ring (bicyclic) bond motifs is 1. The van der Waals surface area contributed by atoms with Gasteiger partial charge in [0.05, 0.1) is 16.6 Å². The summed E-state index contributed by atoms with van der Waals surface area (Å²) in [5.74, 6) is -0.195. The van der Waals surface area contributed by atoms with Gasteiger partial charge in [0.1, 0.15) is 11.6 Å². The molecule has 0 radical (unpaired) electrons. The van der Waals surface area contributed by atoms with E-state index in [0.717, 1.165) is 26.2 Å². The van der Waals surface area contributed by atoms with Gasteiger partial charge in [-0.05, 0) is 49.6 Å². The van der Waals surface area contributed by atoms with Crippen LogP contribution in [0, 0.1) is 22.9 Å². The van der Waals surface area contributed by atoms with Gasteiger partial charge in [0, 0.05) is 55.8 Å². The highest BCUT2D eigenvalue weighted by molar-refractivity contribution is 7.54. The van der Waals surface area contributed by atoms with Crippen molar-refractivity contribution < 1.29 is 23.1 Å². The molecule has 2 fully saturated rings. The molecule has 1 atom stereocenters. The van der Waals surface area contributed by atoms with Gasteiger partial charge in [-0.1, -0.05) is 0 Å². The lowest BCUT2D eigenvalue weighted by Gasteiger charge is -2.24. The predicted octanol–water partition coefficient (Wildman–Crippen LogP) is 5.03. The molecule has 0 spiro atoms. The minimum absolute atomic E-state index is 0.0517. The van der Waals surface area contributed by atoms with Gasteiger partial charge in [0.25, 0.3) is 0 Å². The average Bonchev–Trinajstić information content (AvgIpc) is 3.76. The standard InChI is InChI=1S/C24H23FN5O5P/c1-15-8-9-26-24(27-15)19-3-2-16(14-20(19)25)34-23-18-5-7-22(17(18)4-6-21(23)30(31)32)35-36(33,28-10-11-28)29-12-13-29/h2-4,6,8-9,14,22H,5,7,10-13H2,1H3/t22-/m0/s1. The fourth-order valence-corrected chi connectivity index (χ4v) is 6.86. The fraction of sp³-hybridized carbons (Fsp3) is 0.333. The maximum absolute atomic E-state index is 15.0. The minimum Gasteiger partial charge on any atom is -0.450 e. The largest absolute Gasteiger partial charge is 0.450 e. The molecular formula is C24H23FN5O5P. The van der Waals surface area contributed by atoms with Crippen molar-refractivity contribution in [3.8, 4) is 22.9 Å². The van der Waals surface area contributed by atoms with Gasteiger partial charge in [-0.3, -0.25) is 19.2 Å². The number of hydrogen-bond donors (Lipinski definition) is 0. The third-order valence-corrected chi connectivity index (χ3v) is 9.26. The van der Waals surface area contributed by atoms with Gasteiger partial charge in [0.15, 0.2) is 5.82 Å². The van der Waals surface area contributed by atoms with Crippen molar-refractivity contribution >= 4 is 13.4 Å². The molecule has 6 rings (SSSR count). The molecule has 36 heavy (non-hydrogen) atoms. The predicted molar refractivity (Wildman–Crippen MR) is 128 cm³/mol. The maximum atomic E-state index is 15.0. The fourth-order valence-electron chi connectivity index (χ4n) is 4.50. The smallest absolute Gasteiger partial charge is 0.346 e. The minimum atomic E-state index is -3.07. The van der Waals surface area contributed by atoms with E-state index in [1.807, 2.05) is 9.34 Å². The van der Waals surface area contributed by atoms with E-state index >= 15 is 0 Å². The number of aromatic nitrogens is 2. The lowest BCUT2D eigenvalue weighted by molar-refractivity contribution is -0.385. The third kappa shape index (κ3) is 4.18. The lowest BCUT2D eigenvalue weighted by atomic mass is 10.1. The lowest BCUT2D eigenvalue weighted by Crippen LogP contribution is -2.11. The summed E-state index contributed by atoms with van der Waals surface area (Å²) in [5.41, 5.74) is 2.01. The quantitative estimate of drug-likeness (QED) is 0.178. The average molecular weight is 511 g/mol. The zero-order chi connectivity index (χ0) is 25.0. The molecule has 3 aliphatic rings. The Morgan fingerprint density at radius 1 is 1.14 bits per heavy atom. The van der Waals surface area contributed by atoms with E-state index in [-0.39, 0.29) is 28.6 Å². The number of nitro groups is 1. The second kappa shape index (κ2) is 8.70. The van der Waals surface area contributed by atoms with Gasteiger partial charge < -0.3 is 4.74 Å². The van der Waals surface area contributed by atoms with Gasteiger partial charge in [-0.25, -0.2) is 23.7 Å². The molecule has 0 N–H and O–H groups in total. The Morgan fingerprint density at radius 3 is 2.53 bits per heavy atom. The molecule has 3 heterocycles. The first-order valence-electron chi connectivity index (χ1n) is 11.7. The van der Waals surface area contributed by atoms with Gasteiger partial charge >= 0.3 is 13.4 Å². The van der Waals surface area contributed by atoms with Crippen LogP contribution in [0.3, 0.4) is 0 Å². The summed E-state index contributed by atoms with van der Waals surface area (Å²) in [5, 5.41) is 11.8. The highest BCUT2D eigenvalue weighted by Gasteiger charge is 2.51. The number of hydrogen-bond acceptors (Lipinski definition) is 7. The molecule has 0 amide bonds. The van der Waals surface area contributed by atoms with Crippen molar-refractivity contribution in [2.24, 2.45) is 0 Å². The second-order valence-electron chi connectivity index (χ2n) is 9.03. The van der Waals surface area contributed by atoms with Crippen molar-refractivity contribution in [2.75, 3.05) is 26.2 Å². The summed E-state index contributed by atoms with van der Waals surface area (Å²) < 4.78 is 44.3. The summed E-state index contributed by atoms with van der Waals surface area (Å²) >= 11 is 0. The molecule has 0 saturated carbocycles. The second-order valence-corrected chi connectivity index (χ2v) is 11.4. The molecule has 0 bridgehead atoms. The normalized spacial score (nSPS) is 19.2. The molecule has 2 saturated heterocycles. The van der Waals surface area contributed by atoms with E-state index in [4.69, 9.17) is 9.26 Å². The van der Waals surface area contributed by atoms with E-state index in [1.54, 1.807) is 25.3 Å². The highest BCUT2D eigenvalue weighted by atomic mass is 31.2. The van der Waals surface area contributed by atoms with E-state index < -0.39 is 24.5 Å². The monoisotopic (exact) mass is 511 g/mol. The number of nitro benzene ring substituents is 1. The Bertz CT molecular complexity index is 1410. The molecule has 3 aromatic rings. The summed E-state index contributed by atoms with van der Waals surface area (Å²) in [6.07, 6.45) is 2.06. The summed E-state index contributed by atoms with van der Waals surface area (Å²) in [6.45, 7) is 4.72. The number of ether oxygens (including phenoxy) is 1. The van der Waals surface area contributed by atoms with Crippen LogP contribution in [0.1, 0.15) is 29.3 Å². The molecule has 2 aliphatic heterocycles. The van der Waals surface area contributed by atoms with Crippen LogP contribution in [0.5, 0.6) is 11.5 Å². The Kier molecular flexibility index (Phi) is 5.60. The van der Waals surface area contributed by atoms with E-state index in [9.17, 15) is 19.1 Å². The van der Waals surface area contributed by atoms with E-state index in [1.165, 1.54) is 24.3 Å². The summed E-state index contributed by atoms with van der Waals surface area (Å²) in [7, 11) is -3.07. The Hall–Kier alpha value is -3.24. The van der Waals surface area contributed by atoms with Crippen LogP contribution in [0.4, 0.5) is 10.1 Å². The van der Waals surface area contributed by atoms with Gasteiger partial charge in [-0.15, -0.1) is 0 Å². The first-order chi connectivity index (χ1) is 17.3. The number of halogens is 1. The number of nitrogens with zero attached hydrogens (tertiary/aromatic N) is 5. The number of benzene rings is 2. The van der Waals surface area contributed by atoms with Crippen LogP contribution in [0.25, 0.3) is 11.4 Å². The Labute approximate surface area is 206 Å². The van der Waals surface area contributed by atoms with Crippen LogP contribution in [0.15, 0.2) is 42.6 Å². The van der Waals surface area contributed by atoms with Gasteiger partial charge in [-0.2, -0.15) is 0 Å². The summed E-state index contributed by atoms with van der Waals surface area (Å²) in [4.78, 5) is 19.6. The number of rotatable bonds is 8. The first kappa shape index (κ1) is 23.2. The van der Waals surface area contributed by atoms with Crippen molar-refractivity contribution in [1.82, 2.24) is 19.3 Å². The third-order valence-electron chi connectivity index (χ3n) is 6.50. The van der Waals surface area contributed by atoms with Crippen molar-refractivity contribution in [3.05, 3.63) is 75.3 Å². The van der Waals surface area contributed by atoms with Crippen LogP contribution in [0.2, 0.25) is 0 Å². The van der Waals surface area contributed by atoms with Crippen molar-refractivity contribution in [3.63, 3.8) is 0 Å². The van der Waals surface area contributed by atoms with Crippen LogP contribution in [-0.4, -0.2) is 50.4 Å². The SMILES string of the molecule is Cc1ccnc(-c2ccc(Oc3c([N+](=O)[O-])ccc4c3CC[C@@H]4OP(=O)(N3CC3)N3CC3)cc2F)n1. The Balaban J connectivity index is 1.32. The first-order valence-corrected chi connectivity index (χ1v) is 13.2. The molecule has 186 valence electrons. The molecule has 1 aromatic heterocycles. The Morgan fingerprint density at radius 2 is 1.89 bits per heavy atom. The number of aryl methyl sites for hydroxylation is 1. The van der Waals surface area contributed by atoms with E-state index in [0.29, 0.717) is 29.7 Å². The topological polar surface area (TPSA) is 110 Å². The van der Waals surface area contributed by atoms with Crippen LogP contribution < -0.4 is 4.74 Å². The highest BCUT2D eigenvalue weighted by Crippen LogP contribution is 2.64. The van der Waals surface area contributed by atoms with Crippen molar-refractivity contribution in [1.29, 1.82) is 0 Å². The molecular weight excluding hydrogens is 488 g/mol. The van der Waals surface area contributed by atoms with Gasteiger partial charge in [0.2, 0.25) is 5.75 Å². The molecule has 0 unspecified atom stereocenters. The molecule has 2 aromatic carbocycles. The van der Waals surface area contributed by atoms with E-state index in [2.05, 4.69) is 9.97 Å². The molecule has 12 heteroatoms. The summed E-state index contributed by atoms with van der Waals surface area (Å²) in [6, 6.07) is 8.91.